The summed E-state index contributed by atoms with van der Waals surface area (Å²) in [5.74, 6) is 0.0651. The molecular formula is C16H22N4O. The summed E-state index contributed by atoms with van der Waals surface area (Å²) >= 11 is 0. The van der Waals surface area contributed by atoms with Gasteiger partial charge in [0.1, 0.15) is 6.07 Å². The number of hydrogen-bond acceptors (Lipinski definition) is 4. The van der Waals surface area contributed by atoms with Crippen molar-refractivity contribution in [2.24, 2.45) is 5.41 Å². The summed E-state index contributed by atoms with van der Waals surface area (Å²) in [5, 5.41) is 15.2. The molecule has 5 nitrogen and oxygen atoms in total. The lowest BCUT2D eigenvalue weighted by Gasteiger charge is -2.24. The van der Waals surface area contributed by atoms with Gasteiger partial charge in [0.05, 0.1) is 16.7 Å². The van der Waals surface area contributed by atoms with E-state index in [1.165, 1.54) is 0 Å². The van der Waals surface area contributed by atoms with Crippen molar-refractivity contribution in [2.75, 3.05) is 32.1 Å². The van der Waals surface area contributed by atoms with E-state index in [0.717, 1.165) is 30.8 Å². The van der Waals surface area contributed by atoms with Gasteiger partial charge >= 0.3 is 0 Å². The van der Waals surface area contributed by atoms with Crippen LogP contribution in [0.4, 0.5) is 5.69 Å². The number of nitriles is 1. The normalized spacial score (nSPS) is 21.1. The van der Waals surface area contributed by atoms with Crippen molar-refractivity contribution in [1.29, 1.82) is 5.26 Å². The number of nitrogens with zero attached hydrogens (tertiary/aromatic N) is 2. The predicted molar refractivity (Wildman–Crippen MR) is 82.9 cm³/mol. The van der Waals surface area contributed by atoms with Gasteiger partial charge in [0, 0.05) is 26.7 Å². The van der Waals surface area contributed by atoms with E-state index in [2.05, 4.69) is 21.6 Å². The average Bonchev–Trinajstić information content (AvgIpc) is 2.90. The smallest absolute Gasteiger partial charge is 0.227 e. The van der Waals surface area contributed by atoms with Crippen LogP contribution >= 0.6 is 0 Å². The topological polar surface area (TPSA) is 68.2 Å². The van der Waals surface area contributed by atoms with Gasteiger partial charge in [-0.1, -0.05) is 6.07 Å². The molecule has 0 aliphatic carbocycles. The van der Waals surface area contributed by atoms with Gasteiger partial charge in [-0.05, 0) is 38.1 Å². The predicted octanol–water partition coefficient (Wildman–Crippen LogP) is 1.24. The molecule has 112 valence electrons. The molecule has 5 heteroatoms. The summed E-state index contributed by atoms with van der Waals surface area (Å²) in [6, 6.07) is 8.21. The molecule has 1 unspecified atom stereocenters. The van der Waals surface area contributed by atoms with Crippen molar-refractivity contribution < 1.29 is 4.79 Å². The van der Waals surface area contributed by atoms with Crippen molar-refractivity contribution >= 4 is 11.6 Å². The highest BCUT2D eigenvalue weighted by Gasteiger charge is 2.40. The van der Waals surface area contributed by atoms with Crippen LogP contribution in [0.1, 0.15) is 24.5 Å². The zero-order valence-electron chi connectivity index (χ0n) is 12.9. The molecule has 2 rings (SSSR count). The third-order valence-corrected chi connectivity index (χ3v) is 4.15. The molecule has 1 amide bonds. The SMILES string of the molecule is CNCc1ccc(N2CCC(C)(C(=O)NC)C2)c(C#N)c1. The Morgan fingerprint density at radius 2 is 2.24 bits per heavy atom. The maximum Gasteiger partial charge on any atom is 0.227 e. The minimum Gasteiger partial charge on any atom is -0.369 e. The number of benzene rings is 1. The zero-order valence-corrected chi connectivity index (χ0v) is 12.9. The van der Waals surface area contributed by atoms with Gasteiger partial charge in [-0.3, -0.25) is 4.79 Å². The van der Waals surface area contributed by atoms with Crippen molar-refractivity contribution in [1.82, 2.24) is 10.6 Å². The van der Waals surface area contributed by atoms with E-state index in [-0.39, 0.29) is 11.3 Å². The molecule has 0 aromatic heterocycles. The molecule has 1 aromatic carbocycles. The number of carbonyl (C=O) groups excluding carboxylic acids is 1. The molecule has 1 aliphatic heterocycles. The van der Waals surface area contributed by atoms with Crippen LogP contribution in [-0.2, 0) is 11.3 Å². The zero-order chi connectivity index (χ0) is 15.5. The fourth-order valence-corrected chi connectivity index (χ4v) is 2.92. The van der Waals surface area contributed by atoms with Crippen molar-refractivity contribution in [3.05, 3.63) is 29.3 Å². The highest BCUT2D eigenvalue weighted by molar-refractivity contribution is 5.83. The van der Waals surface area contributed by atoms with Crippen molar-refractivity contribution in [2.45, 2.75) is 19.9 Å². The molecule has 1 aromatic rings. The van der Waals surface area contributed by atoms with Crippen LogP contribution in [0, 0.1) is 16.7 Å². The fourth-order valence-electron chi connectivity index (χ4n) is 2.92. The maximum atomic E-state index is 12.0. The molecule has 2 N–H and O–H groups in total. The monoisotopic (exact) mass is 286 g/mol. The van der Waals surface area contributed by atoms with E-state index in [1.54, 1.807) is 7.05 Å². The summed E-state index contributed by atoms with van der Waals surface area (Å²) in [4.78, 5) is 14.1. The van der Waals surface area contributed by atoms with Gasteiger partial charge in [0.2, 0.25) is 5.91 Å². The van der Waals surface area contributed by atoms with Crippen molar-refractivity contribution in [3.8, 4) is 6.07 Å². The Morgan fingerprint density at radius 1 is 1.48 bits per heavy atom. The standard InChI is InChI=1S/C16H22N4O/c1-16(15(21)19-3)6-7-20(11-16)14-5-4-12(10-18-2)8-13(14)9-17/h4-5,8,18H,6-7,10-11H2,1-3H3,(H,19,21). The highest BCUT2D eigenvalue weighted by Crippen LogP contribution is 2.35. The Hall–Kier alpha value is -2.06. The number of amides is 1. The van der Waals surface area contributed by atoms with E-state index in [4.69, 9.17) is 0 Å². The molecule has 1 aliphatic rings. The van der Waals surface area contributed by atoms with Crippen LogP contribution in [0.15, 0.2) is 18.2 Å². The van der Waals surface area contributed by atoms with Gasteiger partial charge in [-0.25, -0.2) is 0 Å². The van der Waals surface area contributed by atoms with Crippen LogP contribution in [0.5, 0.6) is 0 Å². The van der Waals surface area contributed by atoms with E-state index >= 15 is 0 Å². The summed E-state index contributed by atoms with van der Waals surface area (Å²) in [7, 11) is 3.55. The van der Waals surface area contributed by atoms with Crippen LogP contribution in [-0.4, -0.2) is 33.1 Å². The van der Waals surface area contributed by atoms with E-state index in [9.17, 15) is 10.1 Å². The van der Waals surface area contributed by atoms with E-state index in [1.807, 2.05) is 32.2 Å². The number of anilines is 1. The largest absolute Gasteiger partial charge is 0.369 e. The Kier molecular flexibility index (Phi) is 4.49. The van der Waals surface area contributed by atoms with Gasteiger partial charge in [0.15, 0.2) is 0 Å². The quantitative estimate of drug-likeness (QED) is 0.874. The van der Waals surface area contributed by atoms with Crippen LogP contribution in [0.25, 0.3) is 0 Å². The number of rotatable bonds is 4. The Morgan fingerprint density at radius 3 is 2.86 bits per heavy atom. The number of hydrogen-bond donors (Lipinski definition) is 2. The molecule has 0 radical (unpaired) electrons. The summed E-state index contributed by atoms with van der Waals surface area (Å²) < 4.78 is 0. The third kappa shape index (κ3) is 3.01. The summed E-state index contributed by atoms with van der Waals surface area (Å²) in [6.07, 6.45) is 0.801. The molecule has 1 fully saturated rings. The Labute approximate surface area is 125 Å². The first kappa shape index (κ1) is 15.3. The van der Waals surface area contributed by atoms with Crippen LogP contribution in [0.2, 0.25) is 0 Å². The lowest BCUT2D eigenvalue weighted by Crippen LogP contribution is -2.39. The lowest BCUT2D eigenvalue weighted by molar-refractivity contribution is -0.128. The lowest BCUT2D eigenvalue weighted by atomic mass is 9.89. The Balaban J connectivity index is 2.24. The van der Waals surface area contributed by atoms with E-state index in [0.29, 0.717) is 12.1 Å². The molecule has 0 bridgehead atoms. The van der Waals surface area contributed by atoms with E-state index < -0.39 is 0 Å². The fraction of sp³-hybridized carbons (Fsp3) is 0.500. The molecule has 0 saturated carbocycles. The van der Waals surface area contributed by atoms with Gasteiger partial charge < -0.3 is 15.5 Å². The van der Waals surface area contributed by atoms with Gasteiger partial charge in [-0.15, -0.1) is 0 Å². The van der Waals surface area contributed by atoms with Crippen LogP contribution in [0.3, 0.4) is 0 Å². The molecule has 1 heterocycles. The number of nitrogens with one attached hydrogen (secondary N) is 2. The first-order valence-electron chi connectivity index (χ1n) is 7.19. The van der Waals surface area contributed by atoms with Crippen molar-refractivity contribution in [3.63, 3.8) is 0 Å². The third-order valence-electron chi connectivity index (χ3n) is 4.15. The van der Waals surface area contributed by atoms with Gasteiger partial charge in [-0.2, -0.15) is 5.26 Å². The maximum absolute atomic E-state index is 12.0. The molecular weight excluding hydrogens is 264 g/mol. The second-order valence-electron chi connectivity index (χ2n) is 5.80. The summed E-state index contributed by atoms with van der Waals surface area (Å²) in [6.45, 7) is 4.16. The first-order valence-corrected chi connectivity index (χ1v) is 7.19. The number of carbonyl (C=O) groups is 1. The Bertz CT molecular complexity index is 578. The minimum atomic E-state index is -0.384. The average molecular weight is 286 g/mol. The molecule has 1 atom stereocenters. The first-order chi connectivity index (χ1) is 10.0. The highest BCUT2D eigenvalue weighted by atomic mass is 16.2. The van der Waals surface area contributed by atoms with Gasteiger partial charge in [0.25, 0.3) is 0 Å². The molecule has 1 saturated heterocycles. The summed E-state index contributed by atoms with van der Waals surface area (Å²) in [5.41, 5.74) is 2.30. The second-order valence-corrected chi connectivity index (χ2v) is 5.80. The second kappa shape index (κ2) is 6.15. The minimum absolute atomic E-state index is 0.0651. The van der Waals surface area contributed by atoms with Crippen LogP contribution < -0.4 is 15.5 Å². The molecule has 0 spiro atoms. The molecule has 21 heavy (non-hydrogen) atoms.